The normalized spacial score (nSPS) is 18.8. The van der Waals surface area contributed by atoms with E-state index in [2.05, 4.69) is 27.7 Å². The molecule has 2 N–H and O–H groups in total. The first kappa shape index (κ1) is 21.1. The van der Waals surface area contributed by atoms with Crippen molar-refractivity contribution in [2.45, 2.75) is 51.9 Å². The van der Waals surface area contributed by atoms with Crippen LogP contribution < -0.4 is 0 Å². The van der Waals surface area contributed by atoms with Crippen molar-refractivity contribution in [3.8, 4) is 11.8 Å². The summed E-state index contributed by atoms with van der Waals surface area (Å²) in [6, 6.07) is 8.51. The van der Waals surface area contributed by atoms with E-state index in [1.54, 1.807) is 25.2 Å². The van der Waals surface area contributed by atoms with E-state index in [1.807, 2.05) is 25.1 Å². The number of furan rings is 1. The van der Waals surface area contributed by atoms with Crippen LogP contribution in [0.25, 0.3) is 0 Å². The molecule has 0 unspecified atom stereocenters. The highest BCUT2D eigenvalue weighted by atomic mass is 32.1. The average Bonchev–Trinajstić information content (AvgIpc) is 3.24. The van der Waals surface area contributed by atoms with Crippen LogP contribution in [0.2, 0.25) is 0 Å². The van der Waals surface area contributed by atoms with Gasteiger partial charge in [-0.05, 0) is 51.5 Å². The first-order chi connectivity index (χ1) is 13.3. The van der Waals surface area contributed by atoms with Crippen LogP contribution in [0.5, 0.6) is 0 Å². The van der Waals surface area contributed by atoms with Crippen molar-refractivity contribution in [2.75, 3.05) is 26.2 Å². The minimum absolute atomic E-state index is 0.196. The Bertz CT molecular complexity index is 825. The van der Waals surface area contributed by atoms with Gasteiger partial charge in [0.05, 0.1) is 11.4 Å². The molecule has 152 valence electrons. The van der Waals surface area contributed by atoms with E-state index in [4.69, 9.17) is 4.42 Å². The first-order valence-electron chi connectivity index (χ1n) is 9.79. The molecule has 2 aromatic rings. The van der Waals surface area contributed by atoms with Gasteiger partial charge in [-0.15, -0.1) is 11.3 Å². The molecule has 3 rings (SSSR count). The summed E-state index contributed by atoms with van der Waals surface area (Å²) in [5.41, 5.74) is -0.968. The molecule has 28 heavy (non-hydrogen) atoms. The number of piperazine rings is 1. The number of aliphatic hydroxyl groups excluding tert-OH is 1. The van der Waals surface area contributed by atoms with E-state index >= 15 is 0 Å². The molecule has 1 aliphatic rings. The van der Waals surface area contributed by atoms with E-state index in [9.17, 15) is 10.2 Å². The van der Waals surface area contributed by atoms with E-state index in [0.717, 1.165) is 55.5 Å². The van der Waals surface area contributed by atoms with Gasteiger partial charge >= 0.3 is 0 Å². The van der Waals surface area contributed by atoms with Gasteiger partial charge < -0.3 is 14.6 Å². The fraction of sp³-hybridized carbons (Fsp3) is 0.545. The third-order valence-electron chi connectivity index (χ3n) is 4.84. The molecule has 0 spiro atoms. The van der Waals surface area contributed by atoms with E-state index in [0.29, 0.717) is 6.04 Å². The Hall–Kier alpha value is -1.62. The number of hydrogen-bond acceptors (Lipinski definition) is 6. The highest BCUT2D eigenvalue weighted by Gasteiger charge is 2.27. The zero-order valence-electron chi connectivity index (χ0n) is 16.9. The summed E-state index contributed by atoms with van der Waals surface area (Å²) in [7, 11) is 0. The molecule has 0 amide bonds. The molecule has 1 atom stereocenters. The number of aryl methyl sites for hydroxylation is 1. The molecule has 6 heteroatoms. The van der Waals surface area contributed by atoms with Crippen molar-refractivity contribution in [1.29, 1.82) is 0 Å². The molecule has 1 aliphatic heterocycles. The van der Waals surface area contributed by atoms with Gasteiger partial charge in [0.1, 0.15) is 17.1 Å². The molecule has 5 nitrogen and oxygen atoms in total. The highest BCUT2D eigenvalue weighted by molar-refractivity contribution is 7.12. The van der Waals surface area contributed by atoms with Crippen molar-refractivity contribution < 1.29 is 14.6 Å². The Morgan fingerprint density at radius 2 is 2.04 bits per heavy atom. The fourth-order valence-electron chi connectivity index (χ4n) is 3.47. The van der Waals surface area contributed by atoms with Gasteiger partial charge in [0.25, 0.3) is 0 Å². The minimum atomic E-state index is -0.968. The third-order valence-corrected chi connectivity index (χ3v) is 5.82. The summed E-state index contributed by atoms with van der Waals surface area (Å²) < 4.78 is 5.74. The second-order valence-electron chi connectivity index (χ2n) is 7.96. The zero-order valence-corrected chi connectivity index (χ0v) is 17.8. The molecule has 0 saturated carbocycles. The van der Waals surface area contributed by atoms with Crippen LogP contribution in [0.3, 0.4) is 0 Å². The van der Waals surface area contributed by atoms with Crippen LogP contribution in [0.15, 0.2) is 28.7 Å². The molecule has 2 aromatic heterocycles. The highest BCUT2D eigenvalue weighted by Crippen LogP contribution is 2.22. The van der Waals surface area contributed by atoms with E-state index in [1.165, 1.54) is 4.88 Å². The van der Waals surface area contributed by atoms with Gasteiger partial charge in [-0.1, -0.05) is 11.8 Å². The zero-order chi connectivity index (χ0) is 20.1. The Labute approximate surface area is 171 Å². The topological polar surface area (TPSA) is 60.1 Å². The standard InChI is InChI=1S/C22H30N2O3S/c1-17-4-5-19(27-17)15-24-12-11-23(14-18(24)9-13-25)16-21-7-6-20(28-21)8-10-22(2,3)26/h4-7,18,25-26H,9,11-16H2,1-3H3/t18-/m0/s1. The van der Waals surface area contributed by atoms with Gasteiger partial charge in [-0.25, -0.2) is 0 Å². The SMILES string of the molecule is Cc1ccc(CN2CCN(Cc3ccc(C#CC(C)(C)O)s3)C[C@@H]2CCO)o1. The second-order valence-corrected chi connectivity index (χ2v) is 9.13. The van der Waals surface area contributed by atoms with E-state index < -0.39 is 5.60 Å². The number of aliphatic hydroxyl groups is 2. The maximum Gasteiger partial charge on any atom is 0.120 e. The summed E-state index contributed by atoms with van der Waals surface area (Å²) in [5.74, 6) is 7.85. The molecule has 0 radical (unpaired) electrons. The average molecular weight is 403 g/mol. The lowest BCUT2D eigenvalue weighted by atomic mass is 10.1. The molecule has 1 fully saturated rings. The third kappa shape index (κ3) is 6.20. The van der Waals surface area contributed by atoms with Gasteiger partial charge in [-0.2, -0.15) is 0 Å². The van der Waals surface area contributed by atoms with Crippen LogP contribution in [-0.2, 0) is 13.1 Å². The first-order valence-corrected chi connectivity index (χ1v) is 10.6. The largest absolute Gasteiger partial charge is 0.465 e. The van der Waals surface area contributed by atoms with Gasteiger partial charge in [0.15, 0.2) is 0 Å². The Kier molecular flexibility index (Phi) is 6.97. The number of nitrogens with zero attached hydrogens (tertiary/aromatic N) is 2. The lowest BCUT2D eigenvalue weighted by Gasteiger charge is -2.41. The van der Waals surface area contributed by atoms with Crippen molar-refractivity contribution in [3.63, 3.8) is 0 Å². The van der Waals surface area contributed by atoms with Gasteiger partial charge in [-0.3, -0.25) is 9.80 Å². The quantitative estimate of drug-likeness (QED) is 0.728. The fourth-order valence-corrected chi connectivity index (χ4v) is 4.37. The number of thiophene rings is 1. The maximum absolute atomic E-state index is 9.75. The summed E-state index contributed by atoms with van der Waals surface area (Å²) in [6.45, 7) is 10.1. The van der Waals surface area contributed by atoms with Crippen molar-refractivity contribution >= 4 is 11.3 Å². The van der Waals surface area contributed by atoms with Gasteiger partial charge in [0.2, 0.25) is 0 Å². The summed E-state index contributed by atoms with van der Waals surface area (Å²) in [6.07, 6.45) is 0.767. The molecule has 0 aromatic carbocycles. The number of rotatable bonds is 6. The predicted octanol–water partition coefficient (Wildman–Crippen LogP) is 2.84. The molecule has 3 heterocycles. The maximum atomic E-state index is 9.75. The van der Waals surface area contributed by atoms with Crippen LogP contribution >= 0.6 is 11.3 Å². The van der Waals surface area contributed by atoms with Crippen LogP contribution in [0, 0.1) is 18.8 Å². The second kappa shape index (κ2) is 9.25. The van der Waals surface area contributed by atoms with Crippen molar-refractivity contribution in [2.24, 2.45) is 0 Å². The Morgan fingerprint density at radius 3 is 2.71 bits per heavy atom. The molecule has 0 aliphatic carbocycles. The monoisotopic (exact) mass is 402 g/mol. The molecular weight excluding hydrogens is 372 g/mol. The van der Waals surface area contributed by atoms with Crippen molar-refractivity contribution in [1.82, 2.24) is 9.80 Å². The molecule has 1 saturated heterocycles. The smallest absolute Gasteiger partial charge is 0.120 e. The van der Waals surface area contributed by atoms with Crippen LogP contribution in [0.4, 0.5) is 0 Å². The minimum Gasteiger partial charge on any atom is -0.465 e. The van der Waals surface area contributed by atoms with Crippen LogP contribution in [0.1, 0.15) is 41.5 Å². The lowest BCUT2D eigenvalue weighted by molar-refractivity contribution is 0.0459. The molecular formula is C22H30N2O3S. The summed E-state index contributed by atoms with van der Waals surface area (Å²) in [5, 5.41) is 19.3. The lowest BCUT2D eigenvalue weighted by Crippen LogP contribution is -2.52. The van der Waals surface area contributed by atoms with Crippen molar-refractivity contribution in [3.05, 3.63) is 45.5 Å². The van der Waals surface area contributed by atoms with Crippen LogP contribution in [-0.4, -0.2) is 57.9 Å². The Balaban J connectivity index is 1.59. The van der Waals surface area contributed by atoms with E-state index in [-0.39, 0.29) is 6.61 Å². The summed E-state index contributed by atoms with van der Waals surface area (Å²) in [4.78, 5) is 7.12. The predicted molar refractivity (Wildman–Crippen MR) is 112 cm³/mol. The summed E-state index contributed by atoms with van der Waals surface area (Å²) >= 11 is 1.68. The van der Waals surface area contributed by atoms with Gasteiger partial charge in [0, 0.05) is 43.7 Å². The Morgan fingerprint density at radius 1 is 1.21 bits per heavy atom. The number of hydrogen-bond donors (Lipinski definition) is 2. The molecule has 0 bridgehead atoms.